The smallest absolute Gasteiger partial charge is 0.119 e. The maximum absolute atomic E-state index is 5.87. The summed E-state index contributed by atoms with van der Waals surface area (Å²) in [7, 11) is 0. The molecule has 0 atom stereocenters. The van der Waals surface area contributed by atoms with E-state index in [1.165, 1.54) is 5.56 Å². The monoisotopic (exact) mass is 327 g/mol. The van der Waals surface area contributed by atoms with Gasteiger partial charge in [0.1, 0.15) is 18.1 Å². The van der Waals surface area contributed by atoms with E-state index in [1.54, 1.807) is 6.26 Å². The molecule has 4 heteroatoms. The van der Waals surface area contributed by atoms with E-state index in [2.05, 4.69) is 17.4 Å². The number of halogens is 1. The molecule has 3 nitrogen and oxygen atoms in total. The topological polar surface area (TPSA) is 34.4 Å². The minimum absolute atomic E-state index is 0.535. The second kappa shape index (κ2) is 7.86. The van der Waals surface area contributed by atoms with Crippen LogP contribution in [0.4, 0.5) is 0 Å². The SMILES string of the molecule is Clc1ccc(COc2ccc(CNCc3ccco3)cc2)cc1. The van der Waals surface area contributed by atoms with Gasteiger partial charge >= 0.3 is 0 Å². The molecule has 118 valence electrons. The van der Waals surface area contributed by atoms with Crippen molar-refractivity contribution >= 4 is 11.6 Å². The van der Waals surface area contributed by atoms with Gasteiger partial charge in [-0.2, -0.15) is 0 Å². The Morgan fingerprint density at radius 3 is 2.30 bits per heavy atom. The number of nitrogens with one attached hydrogen (secondary N) is 1. The normalized spacial score (nSPS) is 10.7. The summed E-state index contributed by atoms with van der Waals surface area (Å²) in [5.41, 5.74) is 2.30. The second-order valence-corrected chi connectivity index (χ2v) is 5.68. The van der Waals surface area contributed by atoms with Crippen molar-refractivity contribution in [2.75, 3.05) is 0 Å². The quantitative estimate of drug-likeness (QED) is 0.676. The predicted octanol–water partition coefficient (Wildman–Crippen LogP) is 4.80. The fraction of sp³-hybridized carbons (Fsp3) is 0.158. The van der Waals surface area contributed by atoms with E-state index in [0.717, 1.165) is 35.2 Å². The van der Waals surface area contributed by atoms with Gasteiger partial charge in [-0.05, 0) is 47.5 Å². The van der Waals surface area contributed by atoms with Crippen molar-refractivity contribution in [2.24, 2.45) is 0 Å². The van der Waals surface area contributed by atoms with Crippen molar-refractivity contribution in [3.8, 4) is 5.75 Å². The van der Waals surface area contributed by atoms with Crippen LogP contribution in [-0.2, 0) is 19.7 Å². The van der Waals surface area contributed by atoms with Gasteiger partial charge in [-0.3, -0.25) is 0 Å². The van der Waals surface area contributed by atoms with Crippen LogP contribution in [0.3, 0.4) is 0 Å². The third-order valence-corrected chi connectivity index (χ3v) is 3.70. The first-order valence-corrected chi connectivity index (χ1v) is 7.87. The van der Waals surface area contributed by atoms with Gasteiger partial charge < -0.3 is 14.5 Å². The first kappa shape index (κ1) is 15.7. The molecule has 3 aromatic rings. The standard InChI is InChI=1S/C19H18ClNO2/c20-17-7-3-16(4-8-17)14-23-18-9-5-15(6-10-18)12-21-13-19-2-1-11-22-19/h1-11,21H,12-14H2. The molecule has 0 spiro atoms. The van der Waals surface area contributed by atoms with Crippen molar-refractivity contribution in [1.29, 1.82) is 0 Å². The molecule has 0 aliphatic rings. The predicted molar refractivity (Wildman–Crippen MR) is 91.5 cm³/mol. The summed E-state index contributed by atoms with van der Waals surface area (Å²) in [6, 6.07) is 19.6. The number of hydrogen-bond donors (Lipinski definition) is 1. The lowest BCUT2D eigenvalue weighted by atomic mass is 10.2. The molecule has 0 aliphatic heterocycles. The average Bonchev–Trinajstić information content (AvgIpc) is 3.09. The van der Waals surface area contributed by atoms with Crippen LogP contribution in [0.2, 0.25) is 5.02 Å². The number of rotatable bonds is 7. The summed E-state index contributed by atoms with van der Waals surface area (Å²) in [6.07, 6.45) is 1.68. The van der Waals surface area contributed by atoms with Crippen molar-refractivity contribution < 1.29 is 9.15 Å². The van der Waals surface area contributed by atoms with Gasteiger partial charge in [0, 0.05) is 11.6 Å². The van der Waals surface area contributed by atoms with Gasteiger partial charge in [0.2, 0.25) is 0 Å². The molecule has 23 heavy (non-hydrogen) atoms. The molecule has 1 N–H and O–H groups in total. The number of furan rings is 1. The Morgan fingerprint density at radius 1 is 0.870 bits per heavy atom. The molecule has 1 heterocycles. The molecule has 0 fully saturated rings. The van der Waals surface area contributed by atoms with Crippen molar-refractivity contribution in [3.05, 3.63) is 88.8 Å². The third kappa shape index (κ3) is 4.88. The number of hydrogen-bond acceptors (Lipinski definition) is 3. The van der Waals surface area contributed by atoms with E-state index in [-0.39, 0.29) is 0 Å². The lowest BCUT2D eigenvalue weighted by Gasteiger charge is -2.08. The van der Waals surface area contributed by atoms with Crippen LogP contribution in [0.25, 0.3) is 0 Å². The summed E-state index contributed by atoms with van der Waals surface area (Å²) < 4.78 is 11.1. The molecule has 0 bridgehead atoms. The van der Waals surface area contributed by atoms with Crippen LogP contribution in [0.5, 0.6) is 5.75 Å². The van der Waals surface area contributed by atoms with Gasteiger partial charge in [-0.1, -0.05) is 35.9 Å². The second-order valence-electron chi connectivity index (χ2n) is 5.24. The highest BCUT2D eigenvalue weighted by atomic mass is 35.5. The summed E-state index contributed by atoms with van der Waals surface area (Å²) in [4.78, 5) is 0. The highest BCUT2D eigenvalue weighted by molar-refractivity contribution is 6.30. The zero-order valence-corrected chi connectivity index (χ0v) is 13.4. The van der Waals surface area contributed by atoms with Crippen LogP contribution in [0.15, 0.2) is 71.3 Å². The molecule has 0 saturated heterocycles. The van der Waals surface area contributed by atoms with Crippen molar-refractivity contribution in [3.63, 3.8) is 0 Å². The largest absolute Gasteiger partial charge is 0.489 e. The van der Waals surface area contributed by atoms with Crippen LogP contribution in [0.1, 0.15) is 16.9 Å². The lowest BCUT2D eigenvalue weighted by molar-refractivity contribution is 0.306. The summed E-state index contributed by atoms with van der Waals surface area (Å²) >= 11 is 5.87. The summed E-state index contributed by atoms with van der Waals surface area (Å²) in [6.45, 7) is 2.05. The molecule has 3 rings (SSSR count). The van der Waals surface area contributed by atoms with Crippen LogP contribution < -0.4 is 10.1 Å². The van der Waals surface area contributed by atoms with Crippen LogP contribution in [-0.4, -0.2) is 0 Å². The van der Waals surface area contributed by atoms with Crippen molar-refractivity contribution in [2.45, 2.75) is 19.7 Å². The van der Waals surface area contributed by atoms with E-state index in [1.807, 2.05) is 48.5 Å². The van der Waals surface area contributed by atoms with E-state index in [0.29, 0.717) is 6.61 Å². The molecule has 1 aromatic heterocycles. The van der Waals surface area contributed by atoms with Gasteiger partial charge in [-0.25, -0.2) is 0 Å². The Labute approximate surface area is 140 Å². The average molecular weight is 328 g/mol. The Hall–Kier alpha value is -2.23. The molecule has 0 unspecified atom stereocenters. The molecule has 0 aliphatic carbocycles. The lowest BCUT2D eigenvalue weighted by Crippen LogP contribution is -2.11. The first-order chi connectivity index (χ1) is 11.3. The number of ether oxygens (including phenoxy) is 1. The zero-order valence-electron chi connectivity index (χ0n) is 12.7. The van der Waals surface area contributed by atoms with Gasteiger partial charge in [0.25, 0.3) is 0 Å². The Kier molecular flexibility index (Phi) is 5.35. The molecule has 0 radical (unpaired) electrons. The molecule has 2 aromatic carbocycles. The van der Waals surface area contributed by atoms with Gasteiger partial charge in [0.15, 0.2) is 0 Å². The molecular weight excluding hydrogens is 310 g/mol. The Morgan fingerprint density at radius 2 is 1.61 bits per heavy atom. The zero-order chi connectivity index (χ0) is 15.9. The highest BCUT2D eigenvalue weighted by Gasteiger charge is 1.99. The minimum atomic E-state index is 0.535. The maximum atomic E-state index is 5.87. The number of benzene rings is 2. The Balaban J connectivity index is 1.45. The molecule has 0 saturated carbocycles. The van der Waals surface area contributed by atoms with Crippen molar-refractivity contribution in [1.82, 2.24) is 5.32 Å². The maximum Gasteiger partial charge on any atom is 0.119 e. The highest BCUT2D eigenvalue weighted by Crippen LogP contribution is 2.16. The van der Waals surface area contributed by atoms with E-state index in [4.69, 9.17) is 20.8 Å². The fourth-order valence-corrected chi connectivity index (χ4v) is 2.32. The third-order valence-electron chi connectivity index (χ3n) is 3.45. The van der Waals surface area contributed by atoms with Gasteiger partial charge in [0.05, 0.1) is 12.8 Å². The first-order valence-electron chi connectivity index (χ1n) is 7.49. The van der Waals surface area contributed by atoms with Gasteiger partial charge in [-0.15, -0.1) is 0 Å². The summed E-state index contributed by atoms with van der Waals surface area (Å²) in [5.74, 6) is 1.79. The van der Waals surface area contributed by atoms with E-state index >= 15 is 0 Å². The van der Waals surface area contributed by atoms with E-state index < -0.39 is 0 Å². The summed E-state index contributed by atoms with van der Waals surface area (Å²) in [5, 5.41) is 4.08. The fourth-order valence-electron chi connectivity index (χ4n) is 2.19. The van der Waals surface area contributed by atoms with Crippen LogP contribution >= 0.6 is 11.6 Å². The Bertz CT molecular complexity index is 706. The van der Waals surface area contributed by atoms with Crippen LogP contribution in [0, 0.1) is 0 Å². The molecule has 0 amide bonds. The minimum Gasteiger partial charge on any atom is -0.489 e. The van der Waals surface area contributed by atoms with E-state index in [9.17, 15) is 0 Å². The molecular formula is C19H18ClNO2.